The maximum Gasteiger partial charge on any atom is 0.191 e. The van der Waals surface area contributed by atoms with Crippen LogP contribution >= 0.6 is 23.4 Å². The van der Waals surface area contributed by atoms with Gasteiger partial charge in [-0.05, 0) is 24.5 Å². The first kappa shape index (κ1) is 12.9. The second-order valence-corrected chi connectivity index (χ2v) is 5.81. The van der Waals surface area contributed by atoms with Gasteiger partial charge in [0, 0.05) is 18.0 Å². The van der Waals surface area contributed by atoms with Gasteiger partial charge in [-0.3, -0.25) is 0 Å². The third kappa shape index (κ3) is 2.91. The number of nitrogens with zero attached hydrogens (tertiary/aromatic N) is 4. The fourth-order valence-electron chi connectivity index (χ4n) is 1.88. The van der Waals surface area contributed by atoms with E-state index in [1.807, 2.05) is 6.07 Å². The van der Waals surface area contributed by atoms with Crippen LogP contribution in [-0.2, 0) is 12.3 Å². The number of thioether (sulfide) groups is 1. The van der Waals surface area contributed by atoms with Gasteiger partial charge in [-0.1, -0.05) is 29.4 Å². The lowest BCUT2D eigenvalue weighted by atomic mass is 10.3. The zero-order valence-electron chi connectivity index (χ0n) is 10.3. The van der Waals surface area contributed by atoms with Gasteiger partial charge >= 0.3 is 0 Å². The van der Waals surface area contributed by atoms with Crippen molar-refractivity contribution in [1.29, 1.82) is 0 Å². The summed E-state index contributed by atoms with van der Waals surface area (Å²) in [6.45, 7) is 0.437. The molecule has 0 aromatic carbocycles. The smallest absolute Gasteiger partial charge is 0.191 e. The monoisotopic (exact) mass is 295 g/mol. The minimum Gasteiger partial charge on any atom is -0.324 e. The lowest BCUT2D eigenvalue weighted by molar-refractivity contribution is 0.626. The highest BCUT2D eigenvalue weighted by molar-refractivity contribution is 7.98. The Morgan fingerprint density at radius 1 is 1.37 bits per heavy atom. The zero-order valence-corrected chi connectivity index (χ0v) is 11.9. The molecule has 1 aliphatic carbocycles. The molecular weight excluding hydrogens is 282 g/mol. The van der Waals surface area contributed by atoms with E-state index in [0.717, 1.165) is 22.3 Å². The van der Waals surface area contributed by atoms with Crippen molar-refractivity contribution in [1.82, 2.24) is 19.7 Å². The Balaban J connectivity index is 1.73. The first-order chi connectivity index (χ1) is 9.28. The molecule has 0 saturated heterocycles. The highest BCUT2D eigenvalue weighted by atomic mass is 35.5. The second kappa shape index (κ2) is 5.48. The predicted molar refractivity (Wildman–Crippen MR) is 75.0 cm³/mol. The Hall–Kier alpha value is -1.11. The normalized spacial score (nSPS) is 14.8. The summed E-state index contributed by atoms with van der Waals surface area (Å²) in [6, 6.07) is 4.32. The molecule has 19 heavy (non-hydrogen) atoms. The van der Waals surface area contributed by atoms with Crippen molar-refractivity contribution in [2.24, 2.45) is 5.73 Å². The van der Waals surface area contributed by atoms with Gasteiger partial charge in [-0.2, -0.15) is 0 Å². The average molecular weight is 296 g/mol. The lowest BCUT2D eigenvalue weighted by Gasteiger charge is -2.07. The molecule has 100 valence electrons. The first-order valence-corrected chi connectivity index (χ1v) is 7.51. The van der Waals surface area contributed by atoms with E-state index in [2.05, 4.69) is 19.7 Å². The molecule has 3 rings (SSSR count). The van der Waals surface area contributed by atoms with E-state index in [4.69, 9.17) is 17.3 Å². The summed E-state index contributed by atoms with van der Waals surface area (Å²) in [7, 11) is 0. The molecule has 1 fully saturated rings. The van der Waals surface area contributed by atoms with Crippen molar-refractivity contribution >= 4 is 23.4 Å². The van der Waals surface area contributed by atoms with Crippen molar-refractivity contribution in [2.75, 3.05) is 0 Å². The molecule has 0 atom stereocenters. The molecule has 0 radical (unpaired) electrons. The second-order valence-electron chi connectivity index (χ2n) is 4.48. The SMILES string of the molecule is NCc1nnc(SCc2ccc(Cl)nc2)n1C1CC1. The van der Waals surface area contributed by atoms with E-state index >= 15 is 0 Å². The molecule has 2 aromatic heterocycles. The highest BCUT2D eigenvalue weighted by Crippen LogP contribution is 2.39. The van der Waals surface area contributed by atoms with Gasteiger partial charge in [0.2, 0.25) is 0 Å². The zero-order chi connectivity index (χ0) is 13.2. The summed E-state index contributed by atoms with van der Waals surface area (Å²) in [5, 5.41) is 9.84. The van der Waals surface area contributed by atoms with E-state index in [1.54, 1.807) is 24.0 Å². The maximum absolute atomic E-state index is 5.77. The Labute approximate surface area is 120 Å². The molecule has 2 aromatic rings. The number of hydrogen-bond acceptors (Lipinski definition) is 5. The van der Waals surface area contributed by atoms with Crippen LogP contribution in [-0.4, -0.2) is 19.7 Å². The summed E-state index contributed by atoms with van der Waals surface area (Å²) < 4.78 is 2.17. The molecule has 2 heterocycles. The van der Waals surface area contributed by atoms with Crippen molar-refractivity contribution in [3.8, 4) is 0 Å². The van der Waals surface area contributed by atoms with E-state index in [9.17, 15) is 0 Å². The standard InChI is InChI=1S/C12H14ClN5S/c13-10-4-1-8(6-15-10)7-19-12-17-16-11(5-14)18(12)9-2-3-9/h1,4,6,9H,2-3,5,7,14H2. The molecular formula is C12H14ClN5S. The van der Waals surface area contributed by atoms with Gasteiger partial charge in [0.15, 0.2) is 5.16 Å². The minimum absolute atomic E-state index is 0.437. The van der Waals surface area contributed by atoms with Gasteiger partial charge in [0.1, 0.15) is 11.0 Å². The van der Waals surface area contributed by atoms with E-state index in [0.29, 0.717) is 17.7 Å². The molecule has 5 nitrogen and oxygen atoms in total. The number of aromatic nitrogens is 4. The number of halogens is 1. The molecule has 2 N–H and O–H groups in total. The fourth-order valence-corrected chi connectivity index (χ4v) is 2.95. The van der Waals surface area contributed by atoms with Gasteiger partial charge in [-0.15, -0.1) is 10.2 Å². The quantitative estimate of drug-likeness (QED) is 0.677. The van der Waals surface area contributed by atoms with Crippen molar-refractivity contribution < 1.29 is 0 Å². The van der Waals surface area contributed by atoms with Crippen molar-refractivity contribution in [3.05, 3.63) is 34.9 Å². The van der Waals surface area contributed by atoms with E-state index < -0.39 is 0 Å². The van der Waals surface area contributed by atoms with Crippen LogP contribution in [0, 0.1) is 0 Å². The molecule has 0 amide bonds. The summed E-state index contributed by atoms with van der Waals surface area (Å²) in [4.78, 5) is 4.07. The average Bonchev–Trinajstić information content (AvgIpc) is 3.18. The Kier molecular flexibility index (Phi) is 3.72. The van der Waals surface area contributed by atoms with Crippen LogP contribution in [0.15, 0.2) is 23.5 Å². The van der Waals surface area contributed by atoms with Crippen molar-refractivity contribution in [3.63, 3.8) is 0 Å². The van der Waals surface area contributed by atoms with Crippen LogP contribution < -0.4 is 5.73 Å². The van der Waals surface area contributed by atoms with Crippen LogP contribution in [0.2, 0.25) is 5.15 Å². The summed E-state index contributed by atoms with van der Waals surface area (Å²) in [5.41, 5.74) is 6.82. The van der Waals surface area contributed by atoms with Gasteiger partial charge in [0.05, 0.1) is 6.54 Å². The Morgan fingerprint density at radius 2 is 2.21 bits per heavy atom. The van der Waals surface area contributed by atoms with Crippen molar-refractivity contribution in [2.45, 2.75) is 36.3 Å². The minimum atomic E-state index is 0.437. The number of hydrogen-bond donors (Lipinski definition) is 1. The Bertz CT molecular complexity index is 564. The van der Waals surface area contributed by atoms with Crippen LogP contribution in [0.4, 0.5) is 0 Å². The molecule has 1 aliphatic rings. The third-order valence-corrected chi connectivity index (χ3v) is 4.22. The maximum atomic E-state index is 5.77. The molecule has 1 saturated carbocycles. The van der Waals surface area contributed by atoms with E-state index in [-0.39, 0.29) is 0 Å². The first-order valence-electron chi connectivity index (χ1n) is 6.15. The van der Waals surface area contributed by atoms with Gasteiger partial charge in [-0.25, -0.2) is 4.98 Å². The topological polar surface area (TPSA) is 69.6 Å². The molecule has 0 aliphatic heterocycles. The summed E-state index contributed by atoms with van der Waals surface area (Å²) in [5.74, 6) is 1.68. The summed E-state index contributed by atoms with van der Waals surface area (Å²) in [6.07, 6.45) is 4.18. The van der Waals surface area contributed by atoms with Crippen LogP contribution in [0.25, 0.3) is 0 Å². The molecule has 7 heteroatoms. The van der Waals surface area contributed by atoms with E-state index in [1.165, 1.54) is 12.8 Å². The lowest BCUT2D eigenvalue weighted by Crippen LogP contribution is -2.08. The van der Waals surface area contributed by atoms with Crippen LogP contribution in [0.1, 0.15) is 30.3 Å². The van der Waals surface area contributed by atoms with Crippen LogP contribution in [0.3, 0.4) is 0 Å². The molecule has 0 unspecified atom stereocenters. The third-order valence-electron chi connectivity index (χ3n) is 2.99. The highest BCUT2D eigenvalue weighted by Gasteiger charge is 2.29. The molecule has 0 bridgehead atoms. The van der Waals surface area contributed by atoms with Gasteiger partial charge in [0.25, 0.3) is 0 Å². The van der Waals surface area contributed by atoms with Crippen LogP contribution in [0.5, 0.6) is 0 Å². The van der Waals surface area contributed by atoms with Gasteiger partial charge < -0.3 is 10.3 Å². The largest absolute Gasteiger partial charge is 0.324 e. The number of rotatable bonds is 5. The Morgan fingerprint density at radius 3 is 2.84 bits per heavy atom. The summed E-state index contributed by atoms with van der Waals surface area (Å²) >= 11 is 7.43. The number of pyridine rings is 1. The predicted octanol–water partition coefficient (Wildman–Crippen LogP) is 2.41. The molecule has 0 spiro atoms. The fraction of sp³-hybridized carbons (Fsp3) is 0.417. The number of nitrogens with two attached hydrogens (primary N) is 1.